The first-order chi connectivity index (χ1) is 7.80. The molecule has 1 aromatic rings. The maximum Gasteiger partial charge on any atom is 0.0616 e. The number of hydrogen-bond donors (Lipinski definition) is 1. The standard InChI is InChI=1S/C11H20ClN3O/c1-3-15-8-10(7-14-15)6-13-11(4-5-12)9-16-2/h7-8,11,13H,3-6,9H2,1-2H3. The van der Waals surface area contributed by atoms with Gasteiger partial charge in [-0.15, -0.1) is 11.6 Å². The van der Waals surface area contributed by atoms with Gasteiger partial charge in [0, 0.05) is 43.9 Å². The van der Waals surface area contributed by atoms with Crippen LogP contribution < -0.4 is 5.32 Å². The third-order valence-electron chi connectivity index (χ3n) is 2.43. The van der Waals surface area contributed by atoms with Crippen LogP contribution in [-0.2, 0) is 17.8 Å². The summed E-state index contributed by atoms with van der Waals surface area (Å²) in [5.74, 6) is 0.648. The van der Waals surface area contributed by atoms with Crippen molar-refractivity contribution >= 4 is 11.6 Å². The zero-order chi connectivity index (χ0) is 11.8. The lowest BCUT2D eigenvalue weighted by atomic mass is 10.2. The van der Waals surface area contributed by atoms with Crippen molar-refractivity contribution < 1.29 is 4.74 Å². The molecule has 0 fully saturated rings. The van der Waals surface area contributed by atoms with E-state index in [0.29, 0.717) is 18.5 Å². The predicted octanol–water partition coefficient (Wildman–Crippen LogP) is 1.64. The molecule has 0 aliphatic rings. The molecule has 0 aliphatic carbocycles. The lowest BCUT2D eigenvalue weighted by molar-refractivity contribution is 0.164. The molecule has 0 saturated carbocycles. The number of nitrogens with zero attached hydrogens (tertiary/aromatic N) is 2. The Bertz CT molecular complexity index is 285. The average Bonchev–Trinajstić information content (AvgIpc) is 2.74. The second-order valence-corrected chi connectivity index (χ2v) is 4.09. The maximum absolute atomic E-state index is 5.73. The van der Waals surface area contributed by atoms with Gasteiger partial charge in [0.1, 0.15) is 0 Å². The van der Waals surface area contributed by atoms with Gasteiger partial charge in [-0.2, -0.15) is 5.10 Å². The summed E-state index contributed by atoms with van der Waals surface area (Å²) in [4.78, 5) is 0. The van der Waals surface area contributed by atoms with Crippen LogP contribution in [0, 0.1) is 0 Å². The normalized spacial score (nSPS) is 12.9. The third kappa shape index (κ3) is 4.51. The van der Waals surface area contributed by atoms with Crippen molar-refractivity contribution in [3.8, 4) is 0 Å². The highest BCUT2D eigenvalue weighted by Crippen LogP contribution is 2.01. The average molecular weight is 246 g/mol. The van der Waals surface area contributed by atoms with E-state index in [1.807, 2.05) is 10.9 Å². The van der Waals surface area contributed by atoms with Crippen LogP contribution in [0.25, 0.3) is 0 Å². The van der Waals surface area contributed by atoms with E-state index in [2.05, 4.69) is 23.5 Å². The predicted molar refractivity (Wildman–Crippen MR) is 65.7 cm³/mol. The Morgan fingerprint density at radius 1 is 1.62 bits per heavy atom. The number of aromatic nitrogens is 2. The van der Waals surface area contributed by atoms with Crippen molar-refractivity contribution in [3.05, 3.63) is 18.0 Å². The summed E-state index contributed by atoms with van der Waals surface area (Å²) in [5.41, 5.74) is 1.19. The molecule has 1 rings (SSSR count). The first kappa shape index (κ1) is 13.5. The fourth-order valence-corrected chi connectivity index (χ4v) is 1.77. The van der Waals surface area contributed by atoms with Gasteiger partial charge >= 0.3 is 0 Å². The maximum atomic E-state index is 5.73. The second kappa shape index (κ2) is 7.65. The first-order valence-corrected chi connectivity index (χ1v) is 6.13. The van der Waals surface area contributed by atoms with Gasteiger partial charge in [0.25, 0.3) is 0 Å². The van der Waals surface area contributed by atoms with Crippen molar-refractivity contribution in [2.24, 2.45) is 0 Å². The Morgan fingerprint density at radius 2 is 2.44 bits per heavy atom. The van der Waals surface area contributed by atoms with Gasteiger partial charge in [-0.25, -0.2) is 0 Å². The van der Waals surface area contributed by atoms with Crippen LogP contribution in [0.4, 0.5) is 0 Å². The molecule has 0 amide bonds. The molecule has 1 heterocycles. The van der Waals surface area contributed by atoms with Crippen molar-refractivity contribution in [1.82, 2.24) is 15.1 Å². The van der Waals surface area contributed by atoms with Crippen LogP contribution in [0.1, 0.15) is 18.9 Å². The zero-order valence-electron chi connectivity index (χ0n) is 9.95. The molecular formula is C11H20ClN3O. The number of ether oxygens (including phenoxy) is 1. The number of methoxy groups -OCH3 is 1. The largest absolute Gasteiger partial charge is 0.383 e. The van der Waals surface area contributed by atoms with Gasteiger partial charge < -0.3 is 10.1 Å². The minimum absolute atomic E-state index is 0.312. The lowest BCUT2D eigenvalue weighted by Gasteiger charge is -2.15. The summed E-state index contributed by atoms with van der Waals surface area (Å²) in [7, 11) is 1.71. The van der Waals surface area contributed by atoms with E-state index < -0.39 is 0 Å². The quantitative estimate of drug-likeness (QED) is 0.708. The van der Waals surface area contributed by atoms with E-state index in [-0.39, 0.29) is 0 Å². The van der Waals surface area contributed by atoms with Crippen molar-refractivity contribution in [3.63, 3.8) is 0 Å². The molecule has 0 saturated heterocycles. The smallest absolute Gasteiger partial charge is 0.0616 e. The van der Waals surface area contributed by atoms with Crippen LogP contribution in [0.3, 0.4) is 0 Å². The Labute approximate surface area is 102 Å². The molecule has 1 N–H and O–H groups in total. The molecule has 0 radical (unpaired) electrons. The van der Waals surface area contributed by atoms with E-state index in [1.165, 1.54) is 5.56 Å². The number of nitrogens with one attached hydrogen (secondary N) is 1. The molecule has 92 valence electrons. The van der Waals surface area contributed by atoms with Gasteiger partial charge in [0.2, 0.25) is 0 Å². The van der Waals surface area contributed by atoms with E-state index in [9.17, 15) is 0 Å². The summed E-state index contributed by atoms with van der Waals surface area (Å²) in [5, 5.41) is 7.64. The summed E-state index contributed by atoms with van der Waals surface area (Å²) in [6.07, 6.45) is 4.86. The van der Waals surface area contributed by atoms with Crippen molar-refractivity contribution in [1.29, 1.82) is 0 Å². The van der Waals surface area contributed by atoms with Crippen LogP contribution >= 0.6 is 11.6 Å². The molecular weight excluding hydrogens is 226 g/mol. The van der Waals surface area contributed by atoms with Crippen LogP contribution in [0.15, 0.2) is 12.4 Å². The molecule has 1 atom stereocenters. The van der Waals surface area contributed by atoms with Crippen LogP contribution in [0.2, 0.25) is 0 Å². The summed E-state index contributed by atoms with van der Waals surface area (Å²) in [6.45, 7) is 4.48. The first-order valence-electron chi connectivity index (χ1n) is 5.59. The van der Waals surface area contributed by atoms with Crippen molar-refractivity contribution in [2.75, 3.05) is 19.6 Å². The van der Waals surface area contributed by atoms with Gasteiger partial charge in [-0.05, 0) is 13.3 Å². The fraction of sp³-hybridized carbons (Fsp3) is 0.727. The zero-order valence-corrected chi connectivity index (χ0v) is 10.7. The number of rotatable bonds is 8. The van der Waals surface area contributed by atoms with Crippen LogP contribution in [-0.4, -0.2) is 35.4 Å². The second-order valence-electron chi connectivity index (χ2n) is 3.72. The number of aryl methyl sites for hydroxylation is 1. The summed E-state index contributed by atoms with van der Waals surface area (Å²) < 4.78 is 7.05. The SMILES string of the molecule is CCn1cc(CNC(CCCl)COC)cn1. The minimum atomic E-state index is 0.312. The molecule has 16 heavy (non-hydrogen) atoms. The molecule has 0 aromatic carbocycles. The molecule has 0 aliphatic heterocycles. The molecule has 0 spiro atoms. The number of halogens is 1. The Kier molecular flexibility index (Phi) is 6.45. The third-order valence-corrected chi connectivity index (χ3v) is 2.65. The van der Waals surface area contributed by atoms with E-state index in [1.54, 1.807) is 7.11 Å². The highest BCUT2D eigenvalue weighted by Gasteiger charge is 2.07. The van der Waals surface area contributed by atoms with Crippen molar-refractivity contribution in [2.45, 2.75) is 32.5 Å². The Balaban J connectivity index is 2.35. The highest BCUT2D eigenvalue weighted by molar-refractivity contribution is 6.17. The Morgan fingerprint density at radius 3 is 3.00 bits per heavy atom. The van der Waals surface area contributed by atoms with E-state index in [0.717, 1.165) is 19.5 Å². The monoisotopic (exact) mass is 245 g/mol. The fourth-order valence-electron chi connectivity index (χ4n) is 1.51. The summed E-state index contributed by atoms with van der Waals surface area (Å²) >= 11 is 5.73. The Hall–Kier alpha value is -0.580. The molecule has 4 nitrogen and oxygen atoms in total. The van der Waals surface area contributed by atoms with Gasteiger partial charge in [0.15, 0.2) is 0 Å². The van der Waals surface area contributed by atoms with Crippen LogP contribution in [0.5, 0.6) is 0 Å². The number of hydrogen-bond acceptors (Lipinski definition) is 3. The molecule has 1 aromatic heterocycles. The van der Waals surface area contributed by atoms with Gasteiger partial charge in [-0.1, -0.05) is 0 Å². The summed E-state index contributed by atoms with van der Waals surface area (Å²) in [6, 6.07) is 0.312. The topological polar surface area (TPSA) is 39.1 Å². The molecule has 1 unspecified atom stereocenters. The van der Waals surface area contributed by atoms with E-state index in [4.69, 9.17) is 16.3 Å². The molecule has 5 heteroatoms. The lowest BCUT2D eigenvalue weighted by Crippen LogP contribution is -2.33. The molecule has 0 bridgehead atoms. The number of alkyl halides is 1. The van der Waals surface area contributed by atoms with E-state index >= 15 is 0 Å². The minimum Gasteiger partial charge on any atom is -0.383 e. The van der Waals surface area contributed by atoms with Gasteiger partial charge in [0.05, 0.1) is 12.8 Å². The highest BCUT2D eigenvalue weighted by atomic mass is 35.5. The van der Waals surface area contributed by atoms with Gasteiger partial charge in [-0.3, -0.25) is 4.68 Å².